The predicted molar refractivity (Wildman–Crippen MR) is 68.9 cm³/mol. The highest BCUT2D eigenvalue weighted by Crippen LogP contribution is 2.22. The number of aryl methyl sites for hydroxylation is 1. The Bertz CT molecular complexity index is 590. The highest BCUT2D eigenvalue weighted by molar-refractivity contribution is 8.13. The Balaban J connectivity index is 2.23. The summed E-state index contributed by atoms with van der Waals surface area (Å²) in [6.07, 6.45) is 0.378. The summed E-state index contributed by atoms with van der Waals surface area (Å²) in [4.78, 5) is 11.8. The molecule has 5 nitrogen and oxygen atoms in total. The molecule has 0 bridgehead atoms. The molecule has 2 rings (SSSR count). The first-order valence-electron chi connectivity index (χ1n) is 5.72. The molecule has 7 heteroatoms. The van der Waals surface area contributed by atoms with Crippen LogP contribution in [0.4, 0.5) is 0 Å². The van der Waals surface area contributed by atoms with Crippen molar-refractivity contribution in [3.63, 3.8) is 0 Å². The average Bonchev–Trinajstić information content (AvgIpc) is 2.80. The predicted octanol–water partition coefficient (Wildman–Crippen LogP) is 1.87. The van der Waals surface area contributed by atoms with Gasteiger partial charge in [-0.25, -0.2) is 13.2 Å². The minimum atomic E-state index is -3.88. The highest BCUT2D eigenvalue weighted by atomic mass is 35.7. The minimum Gasteiger partial charge on any atom is -0.456 e. The molecule has 1 aromatic rings. The number of benzene rings is 1. The Kier molecular flexibility index (Phi) is 4.13. The highest BCUT2D eigenvalue weighted by Gasteiger charge is 2.22. The van der Waals surface area contributed by atoms with Crippen LogP contribution < -0.4 is 0 Å². The third-order valence-electron chi connectivity index (χ3n) is 2.85. The van der Waals surface area contributed by atoms with Crippen molar-refractivity contribution >= 4 is 25.7 Å². The second kappa shape index (κ2) is 5.48. The van der Waals surface area contributed by atoms with Crippen LogP contribution in [0.25, 0.3) is 0 Å². The Morgan fingerprint density at radius 1 is 1.47 bits per heavy atom. The van der Waals surface area contributed by atoms with Gasteiger partial charge in [0.2, 0.25) is 0 Å². The van der Waals surface area contributed by atoms with E-state index < -0.39 is 15.0 Å². The van der Waals surface area contributed by atoms with Crippen LogP contribution in [0.3, 0.4) is 0 Å². The topological polar surface area (TPSA) is 69.7 Å². The summed E-state index contributed by atoms with van der Waals surface area (Å²) in [7, 11) is 1.43. The molecule has 1 heterocycles. The molecule has 0 saturated carbocycles. The number of esters is 1. The Hall–Kier alpha value is -1.11. The van der Waals surface area contributed by atoms with Crippen LogP contribution in [-0.2, 0) is 18.5 Å². The van der Waals surface area contributed by atoms with Crippen molar-refractivity contribution in [3.8, 4) is 0 Å². The number of rotatable bonds is 3. The molecule has 1 saturated heterocycles. The molecule has 1 aliphatic heterocycles. The molecule has 19 heavy (non-hydrogen) atoms. The zero-order valence-corrected chi connectivity index (χ0v) is 11.8. The normalized spacial score (nSPS) is 19.4. The van der Waals surface area contributed by atoms with Crippen molar-refractivity contribution in [2.24, 2.45) is 0 Å². The summed E-state index contributed by atoms with van der Waals surface area (Å²) in [6, 6.07) is 4.27. The van der Waals surface area contributed by atoms with Gasteiger partial charge in [0.15, 0.2) is 0 Å². The number of ether oxygens (including phenoxy) is 2. The van der Waals surface area contributed by atoms with Gasteiger partial charge in [-0.05, 0) is 24.6 Å². The molecule has 1 aromatic carbocycles. The van der Waals surface area contributed by atoms with Crippen molar-refractivity contribution in [1.82, 2.24) is 0 Å². The summed E-state index contributed by atoms with van der Waals surface area (Å²) >= 11 is 0. The molecular formula is C12H13ClO5S. The summed E-state index contributed by atoms with van der Waals surface area (Å²) in [5, 5.41) is 0. The molecule has 0 amide bonds. The van der Waals surface area contributed by atoms with Gasteiger partial charge in [0.05, 0.1) is 23.7 Å². The van der Waals surface area contributed by atoms with E-state index in [9.17, 15) is 13.2 Å². The first-order valence-corrected chi connectivity index (χ1v) is 8.03. The maximum Gasteiger partial charge on any atom is 0.338 e. The molecule has 0 aliphatic carbocycles. The zero-order valence-electron chi connectivity index (χ0n) is 10.3. The molecule has 0 radical (unpaired) electrons. The van der Waals surface area contributed by atoms with E-state index in [-0.39, 0.29) is 16.6 Å². The van der Waals surface area contributed by atoms with E-state index in [1.165, 1.54) is 18.2 Å². The quantitative estimate of drug-likeness (QED) is 0.630. The van der Waals surface area contributed by atoms with E-state index in [4.69, 9.17) is 20.2 Å². The SMILES string of the molecule is Cc1ccc(C(=O)OC2CCOC2)cc1S(=O)(=O)Cl. The molecule has 1 aliphatic rings. The van der Waals surface area contributed by atoms with Crippen molar-refractivity contribution in [3.05, 3.63) is 29.3 Å². The molecule has 0 spiro atoms. The first kappa shape index (κ1) is 14.3. The van der Waals surface area contributed by atoms with Gasteiger partial charge in [0.25, 0.3) is 9.05 Å². The van der Waals surface area contributed by atoms with Crippen LogP contribution in [0, 0.1) is 6.92 Å². The second-order valence-corrected chi connectivity index (χ2v) is 6.84. The average molecular weight is 305 g/mol. The maximum absolute atomic E-state index is 11.9. The van der Waals surface area contributed by atoms with Crippen LogP contribution in [0.1, 0.15) is 22.3 Å². The zero-order chi connectivity index (χ0) is 14.0. The van der Waals surface area contributed by atoms with Crippen LogP contribution in [0.15, 0.2) is 23.1 Å². The molecule has 0 aromatic heterocycles. The minimum absolute atomic E-state index is 0.0775. The maximum atomic E-state index is 11.9. The van der Waals surface area contributed by atoms with Gasteiger partial charge in [0, 0.05) is 17.1 Å². The van der Waals surface area contributed by atoms with Crippen LogP contribution >= 0.6 is 10.7 Å². The summed E-state index contributed by atoms with van der Waals surface area (Å²) in [5.41, 5.74) is 0.646. The molecule has 1 fully saturated rings. The van der Waals surface area contributed by atoms with Crippen LogP contribution in [0.2, 0.25) is 0 Å². The van der Waals surface area contributed by atoms with E-state index in [1.807, 2.05) is 0 Å². The molecular weight excluding hydrogens is 292 g/mol. The number of carbonyl (C=O) groups is 1. The summed E-state index contributed by atoms with van der Waals surface area (Å²) in [6.45, 7) is 2.54. The summed E-state index contributed by atoms with van der Waals surface area (Å²) < 4.78 is 33.0. The van der Waals surface area contributed by atoms with Gasteiger partial charge >= 0.3 is 5.97 Å². The smallest absolute Gasteiger partial charge is 0.338 e. The largest absolute Gasteiger partial charge is 0.456 e. The van der Waals surface area contributed by atoms with E-state index in [2.05, 4.69) is 0 Å². The van der Waals surface area contributed by atoms with Gasteiger partial charge in [-0.3, -0.25) is 0 Å². The number of carbonyl (C=O) groups excluding carboxylic acids is 1. The number of hydrogen-bond donors (Lipinski definition) is 0. The fourth-order valence-electron chi connectivity index (χ4n) is 1.81. The van der Waals surface area contributed by atoms with E-state index in [0.29, 0.717) is 25.2 Å². The lowest BCUT2D eigenvalue weighted by atomic mass is 10.1. The van der Waals surface area contributed by atoms with Crippen molar-refractivity contribution in [1.29, 1.82) is 0 Å². The van der Waals surface area contributed by atoms with Crippen LogP contribution in [-0.4, -0.2) is 33.7 Å². The Morgan fingerprint density at radius 2 is 2.21 bits per heavy atom. The lowest BCUT2D eigenvalue weighted by Crippen LogP contribution is -2.18. The monoisotopic (exact) mass is 304 g/mol. The fraction of sp³-hybridized carbons (Fsp3) is 0.417. The van der Waals surface area contributed by atoms with Gasteiger partial charge in [0.1, 0.15) is 6.10 Å². The van der Waals surface area contributed by atoms with Gasteiger partial charge < -0.3 is 9.47 Å². The van der Waals surface area contributed by atoms with Crippen molar-refractivity contribution in [2.75, 3.05) is 13.2 Å². The number of hydrogen-bond acceptors (Lipinski definition) is 5. The van der Waals surface area contributed by atoms with E-state index in [1.54, 1.807) is 6.92 Å². The van der Waals surface area contributed by atoms with Gasteiger partial charge in [-0.1, -0.05) is 6.07 Å². The first-order chi connectivity index (χ1) is 8.88. The van der Waals surface area contributed by atoms with Gasteiger partial charge in [-0.2, -0.15) is 0 Å². The lowest BCUT2D eigenvalue weighted by Gasteiger charge is -2.11. The van der Waals surface area contributed by atoms with Crippen molar-refractivity contribution < 1.29 is 22.7 Å². The molecule has 1 atom stereocenters. The van der Waals surface area contributed by atoms with E-state index >= 15 is 0 Å². The molecule has 0 N–H and O–H groups in total. The third kappa shape index (κ3) is 3.46. The van der Waals surface area contributed by atoms with Crippen LogP contribution in [0.5, 0.6) is 0 Å². The third-order valence-corrected chi connectivity index (χ3v) is 4.31. The number of halogens is 1. The van der Waals surface area contributed by atoms with Gasteiger partial charge in [-0.15, -0.1) is 0 Å². The Morgan fingerprint density at radius 3 is 2.79 bits per heavy atom. The Labute approximate surface area is 115 Å². The second-order valence-electron chi connectivity index (χ2n) is 4.31. The summed E-state index contributed by atoms with van der Waals surface area (Å²) in [5.74, 6) is -0.572. The van der Waals surface area contributed by atoms with Crippen molar-refractivity contribution in [2.45, 2.75) is 24.3 Å². The standard InChI is InChI=1S/C12H13ClO5S/c1-8-2-3-9(6-11(8)19(13,15)16)12(14)18-10-4-5-17-7-10/h2-3,6,10H,4-5,7H2,1H3. The molecule has 104 valence electrons. The molecule has 1 unspecified atom stereocenters. The fourth-order valence-corrected chi connectivity index (χ4v) is 3.03. The lowest BCUT2D eigenvalue weighted by molar-refractivity contribution is 0.0270. The van der Waals surface area contributed by atoms with E-state index in [0.717, 1.165) is 0 Å².